The van der Waals surface area contributed by atoms with Crippen LogP contribution in [-0.4, -0.2) is 43.3 Å². The van der Waals surface area contributed by atoms with E-state index in [2.05, 4.69) is 6.58 Å². The fourth-order valence-electron chi connectivity index (χ4n) is 3.46. The predicted molar refractivity (Wildman–Crippen MR) is 90.3 cm³/mol. The molecule has 0 bridgehead atoms. The molecule has 134 valence electrons. The Kier molecular flexibility index (Phi) is 8.70. The molecule has 0 saturated carbocycles. The van der Waals surface area contributed by atoms with Crippen molar-refractivity contribution in [3.05, 3.63) is 12.7 Å². The van der Waals surface area contributed by atoms with E-state index >= 15 is 0 Å². The summed E-state index contributed by atoms with van der Waals surface area (Å²) in [7, 11) is 3.03. The summed E-state index contributed by atoms with van der Waals surface area (Å²) in [6, 6.07) is 0. The number of carbonyl (C=O) groups excluding carboxylic acids is 1. The van der Waals surface area contributed by atoms with Crippen molar-refractivity contribution in [2.75, 3.05) is 14.2 Å². The number of carboxylic acid groups (broad SMARTS) is 1. The molecule has 23 heavy (non-hydrogen) atoms. The Morgan fingerprint density at radius 3 is 2.00 bits per heavy atom. The van der Waals surface area contributed by atoms with Gasteiger partial charge in [0.1, 0.15) is 5.78 Å². The Morgan fingerprint density at radius 2 is 1.65 bits per heavy atom. The van der Waals surface area contributed by atoms with Crippen LogP contribution in [-0.2, 0) is 19.1 Å². The highest BCUT2D eigenvalue weighted by Crippen LogP contribution is 2.35. The maximum atomic E-state index is 13.0. The Morgan fingerprint density at radius 1 is 1.13 bits per heavy atom. The number of ether oxygens (including phenoxy) is 2. The van der Waals surface area contributed by atoms with E-state index in [1.165, 1.54) is 7.11 Å². The fraction of sp³-hybridized carbons (Fsp3) is 0.778. The van der Waals surface area contributed by atoms with Crippen molar-refractivity contribution >= 4 is 11.8 Å². The van der Waals surface area contributed by atoms with Crippen molar-refractivity contribution in [1.29, 1.82) is 0 Å². The third-order valence-electron chi connectivity index (χ3n) is 4.72. The van der Waals surface area contributed by atoms with Gasteiger partial charge in [-0.05, 0) is 19.3 Å². The van der Waals surface area contributed by atoms with E-state index < -0.39 is 23.4 Å². The van der Waals surface area contributed by atoms with E-state index in [1.54, 1.807) is 27.9 Å². The lowest BCUT2D eigenvalue weighted by molar-refractivity contribution is -0.157. The van der Waals surface area contributed by atoms with Crippen molar-refractivity contribution in [2.24, 2.45) is 23.2 Å². The maximum Gasteiger partial charge on any atom is 0.308 e. The Balaban J connectivity index is 5.42. The summed E-state index contributed by atoms with van der Waals surface area (Å²) in [4.78, 5) is 24.3. The third-order valence-corrected chi connectivity index (χ3v) is 4.72. The molecule has 0 aromatic carbocycles. The van der Waals surface area contributed by atoms with Gasteiger partial charge in [-0.1, -0.05) is 33.8 Å². The largest absolute Gasteiger partial charge is 0.481 e. The van der Waals surface area contributed by atoms with E-state index in [0.717, 1.165) is 6.42 Å². The minimum absolute atomic E-state index is 0.0554. The smallest absolute Gasteiger partial charge is 0.308 e. The Hall–Kier alpha value is -1.20. The summed E-state index contributed by atoms with van der Waals surface area (Å²) >= 11 is 0. The van der Waals surface area contributed by atoms with E-state index in [9.17, 15) is 14.7 Å². The van der Waals surface area contributed by atoms with Gasteiger partial charge >= 0.3 is 5.97 Å². The zero-order chi connectivity index (χ0) is 18.4. The predicted octanol–water partition coefficient (Wildman–Crippen LogP) is 3.18. The van der Waals surface area contributed by atoms with Crippen molar-refractivity contribution < 1.29 is 24.2 Å². The van der Waals surface area contributed by atoms with Crippen molar-refractivity contribution in [1.82, 2.24) is 0 Å². The number of Topliss-reactive ketones (excluding diaryl/α,β-unsaturated/α-hetero) is 1. The van der Waals surface area contributed by atoms with Gasteiger partial charge in [-0.2, -0.15) is 0 Å². The minimum atomic E-state index is -0.978. The lowest BCUT2D eigenvalue weighted by atomic mass is 9.71. The van der Waals surface area contributed by atoms with Gasteiger partial charge in [0.05, 0.1) is 23.5 Å². The molecule has 0 amide bonds. The second-order valence-corrected chi connectivity index (χ2v) is 6.86. The molecule has 0 aliphatic rings. The first-order valence-electron chi connectivity index (χ1n) is 7.99. The van der Waals surface area contributed by atoms with Crippen molar-refractivity contribution in [3.63, 3.8) is 0 Å². The van der Waals surface area contributed by atoms with Crippen LogP contribution in [0.4, 0.5) is 0 Å². The molecule has 0 aliphatic carbocycles. The SMILES string of the molecule is C=CC[C@H](C)[C@H](OC)[C@@H](C)C(=O)C(C)(C)[C@@H](OC)[C@H](C)C(=O)O. The van der Waals surface area contributed by atoms with Crippen LogP contribution in [0.5, 0.6) is 0 Å². The van der Waals surface area contributed by atoms with Crippen molar-refractivity contribution in [2.45, 2.75) is 53.2 Å². The van der Waals surface area contributed by atoms with E-state index in [0.29, 0.717) is 0 Å². The number of methoxy groups -OCH3 is 2. The molecule has 0 aromatic heterocycles. The first-order chi connectivity index (χ1) is 10.6. The van der Waals surface area contributed by atoms with Gasteiger partial charge < -0.3 is 14.6 Å². The molecule has 5 heteroatoms. The molecule has 0 radical (unpaired) electrons. The van der Waals surface area contributed by atoms with Gasteiger partial charge in [0.2, 0.25) is 0 Å². The van der Waals surface area contributed by atoms with E-state index in [4.69, 9.17) is 9.47 Å². The lowest BCUT2D eigenvalue weighted by Crippen LogP contribution is -2.49. The first kappa shape index (κ1) is 21.8. The molecule has 0 aliphatic heterocycles. The zero-order valence-electron chi connectivity index (χ0n) is 15.5. The number of carboxylic acids is 1. The average molecular weight is 328 g/mol. The van der Waals surface area contributed by atoms with Crippen LogP contribution < -0.4 is 0 Å². The van der Waals surface area contributed by atoms with Crippen LogP contribution in [0, 0.1) is 23.2 Å². The maximum absolute atomic E-state index is 13.0. The summed E-state index contributed by atoms with van der Waals surface area (Å²) < 4.78 is 10.9. The molecular weight excluding hydrogens is 296 g/mol. The molecule has 0 fully saturated rings. The monoisotopic (exact) mass is 328 g/mol. The van der Waals surface area contributed by atoms with Crippen LogP contribution >= 0.6 is 0 Å². The van der Waals surface area contributed by atoms with Gasteiger partial charge in [-0.15, -0.1) is 6.58 Å². The number of ketones is 1. The van der Waals surface area contributed by atoms with Gasteiger partial charge in [0, 0.05) is 20.1 Å². The van der Waals surface area contributed by atoms with Crippen LogP contribution in [0.15, 0.2) is 12.7 Å². The van der Waals surface area contributed by atoms with Gasteiger partial charge in [-0.25, -0.2) is 0 Å². The molecule has 1 N–H and O–H groups in total. The highest BCUT2D eigenvalue weighted by Gasteiger charge is 2.46. The Bertz CT molecular complexity index is 416. The van der Waals surface area contributed by atoms with E-state index in [1.807, 2.05) is 19.9 Å². The summed E-state index contributed by atoms with van der Waals surface area (Å²) in [6.07, 6.45) is 1.60. The topological polar surface area (TPSA) is 72.8 Å². The molecule has 0 saturated heterocycles. The van der Waals surface area contributed by atoms with Gasteiger partial charge in [0.25, 0.3) is 0 Å². The lowest BCUT2D eigenvalue weighted by Gasteiger charge is -2.38. The zero-order valence-corrected chi connectivity index (χ0v) is 15.5. The second kappa shape index (κ2) is 9.18. The molecule has 0 spiro atoms. The summed E-state index contributed by atoms with van der Waals surface area (Å²) in [5.74, 6) is -2.04. The standard InChI is InChI=1S/C18H32O5/c1-9-10-11(2)14(22-7)12(3)15(19)18(5,6)16(23-8)13(4)17(20)21/h9,11-14,16H,1,10H2,2-8H3,(H,20,21)/t11-,12+,13-,14-,16-/m0/s1. The Labute approximate surface area is 140 Å². The number of carbonyl (C=O) groups is 2. The minimum Gasteiger partial charge on any atom is -0.481 e. The summed E-state index contributed by atoms with van der Waals surface area (Å²) in [5.41, 5.74) is -0.934. The first-order valence-corrected chi connectivity index (χ1v) is 7.99. The number of rotatable bonds is 11. The number of aliphatic carboxylic acids is 1. The molecule has 0 unspecified atom stereocenters. The van der Waals surface area contributed by atoms with Crippen LogP contribution in [0.1, 0.15) is 41.0 Å². The van der Waals surface area contributed by atoms with Crippen LogP contribution in [0.25, 0.3) is 0 Å². The fourth-order valence-corrected chi connectivity index (χ4v) is 3.46. The van der Waals surface area contributed by atoms with Crippen molar-refractivity contribution in [3.8, 4) is 0 Å². The quantitative estimate of drug-likeness (QED) is 0.590. The average Bonchev–Trinajstić information content (AvgIpc) is 2.47. The summed E-state index contributed by atoms with van der Waals surface area (Å²) in [6.45, 7) is 12.6. The van der Waals surface area contributed by atoms with Crippen LogP contribution in [0.2, 0.25) is 0 Å². The van der Waals surface area contributed by atoms with Crippen LogP contribution in [0.3, 0.4) is 0 Å². The molecule has 0 aromatic rings. The number of allylic oxidation sites excluding steroid dienone is 1. The van der Waals surface area contributed by atoms with Gasteiger partial charge in [0.15, 0.2) is 0 Å². The molecule has 5 atom stereocenters. The highest BCUT2D eigenvalue weighted by molar-refractivity contribution is 5.88. The number of hydrogen-bond acceptors (Lipinski definition) is 4. The summed E-state index contributed by atoms with van der Waals surface area (Å²) in [5, 5.41) is 9.25. The molecule has 5 nitrogen and oxygen atoms in total. The molecular formula is C18H32O5. The van der Waals surface area contributed by atoms with Gasteiger partial charge in [-0.3, -0.25) is 9.59 Å². The highest BCUT2D eigenvalue weighted by atomic mass is 16.5. The van der Waals surface area contributed by atoms with E-state index in [-0.39, 0.29) is 23.7 Å². The second-order valence-electron chi connectivity index (χ2n) is 6.86. The third kappa shape index (κ3) is 5.15. The molecule has 0 rings (SSSR count). The molecule has 0 heterocycles. The number of hydrogen-bond donors (Lipinski definition) is 1. The normalized spacial score (nSPS) is 18.6.